The van der Waals surface area contributed by atoms with E-state index in [1.54, 1.807) is 23.5 Å². The minimum Gasteiger partial charge on any atom is -0.508 e. The molecule has 0 radical (unpaired) electrons. The fraction of sp³-hybridized carbons (Fsp3) is 0.316. The van der Waals surface area contributed by atoms with Crippen LogP contribution in [-0.4, -0.2) is 30.3 Å². The molecule has 0 saturated carbocycles. The molecule has 132 valence electrons. The van der Waals surface area contributed by atoms with E-state index in [1.807, 2.05) is 23.6 Å². The Balaban J connectivity index is 1.79. The lowest BCUT2D eigenvalue weighted by molar-refractivity contribution is -0.0379. The van der Waals surface area contributed by atoms with Crippen LogP contribution < -0.4 is 0 Å². The van der Waals surface area contributed by atoms with Gasteiger partial charge >= 0.3 is 0 Å². The predicted molar refractivity (Wildman–Crippen MR) is 101 cm³/mol. The number of aryl methyl sites for hydroxylation is 1. The monoisotopic (exact) mass is 366 g/mol. The van der Waals surface area contributed by atoms with E-state index in [2.05, 4.69) is 18.9 Å². The van der Waals surface area contributed by atoms with Gasteiger partial charge in [-0.1, -0.05) is 0 Å². The smallest absolute Gasteiger partial charge is 0.182 e. The van der Waals surface area contributed by atoms with Gasteiger partial charge in [0.25, 0.3) is 0 Å². The number of rotatable bonds is 1. The topological polar surface area (TPSA) is 72.5 Å². The Kier molecular flexibility index (Phi) is 3.17. The molecule has 5 rings (SSSR count). The Morgan fingerprint density at radius 2 is 1.96 bits per heavy atom. The zero-order chi connectivity index (χ0) is 18.1. The lowest BCUT2D eigenvalue weighted by atomic mass is 9.94. The largest absolute Gasteiger partial charge is 0.508 e. The second-order valence-corrected chi connectivity index (χ2v) is 8.37. The van der Waals surface area contributed by atoms with Crippen molar-refractivity contribution in [2.75, 3.05) is 0 Å². The number of benzene rings is 1. The molecule has 1 N–H and O–H groups in total. The van der Waals surface area contributed by atoms with Crippen molar-refractivity contribution in [1.82, 2.24) is 19.6 Å². The number of phenolic OH excluding ortho intramolecular Hbond substituents is 1. The Morgan fingerprint density at radius 1 is 1.19 bits per heavy atom. The van der Waals surface area contributed by atoms with Crippen molar-refractivity contribution in [1.29, 1.82) is 0 Å². The summed E-state index contributed by atoms with van der Waals surface area (Å²) in [6, 6.07) is 6.94. The minimum absolute atomic E-state index is 0.192. The first-order chi connectivity index (χ1) is 12.4. The van der Waals surface area contributed by atoms with Crippen LogP contribution in [0, 0.1) is 6.92 Å². The Morgan fingerprint density at radius 3 is 2.73 bits per heavy atom. The van der Waals surface area contributed by atoms with Crippen molar-refractivity contribution in [3.05, 3.63) is 40.5 Å². The summed E-state index contributed by atoms with van der Waals surface area (Å²) < 4.78 is 7.78. The van der Waals surface area contributed by atoms with Crippen molar-refractivity contribution < 1.29 is 9.84 Å². The van der Waals surface area contributed by atoms with E-state index < -0.39 is 0 Å². The number of ether oxygens (including phenoxy) is 1. The highest BCUT2D eigenvalue weighted by Crippen LogP contribution is 2.40. The quantitative estimate of drug-likeness (QED) is 0.554. The second kappa shape index (κ2) is 5.25. The normalized spacial score (nSPS) is 16.3. The van der Waals surface area contributed by atoms with Gasteiger partial charge in [0.1, 0.15) is 16.4 Å². The molecule has 4 heterocycles. The van der Waals surface area contributed by atoms with Crippen LogP contribution in [0.1, 0.15) is 30.1 Å². The average molecular weight is 366 g/mol. The molecule has 0 unspecified atom stereocenters. The molecular weight excluding hydrogens is 348 g/mol. The lowest BCUT2D eigenvalue weighted by Gasteiger charge is -2.30. The molecule has 1 aliphatic heterocycles. The first kappa shape index (κ1) is 15.7. The zero-order valence-electron chi connectivity index (χ0n) is 14.8. The average Bonchev–Trinajstić information content (AvgIpc) is 3.16. The van der Waals surface area contributed by atoms with Gasteiger partial charge < -0.3 is 9.84 Å². The molecule has 0 amide bonds. The van der Waals surface area contributed by atoms with Crippen LogP contribution in [0.3, 0.4) is 0 Å². The first-order valence-electron chi connectivity index (χ1n) is 8.52. The number of hydrogen-bond acceptors (Lipinski definition) is 6. The molecule has 6 nitrogen and oxygen atoms in total. The van der Waals surface area contributed by atoms with Crippen molar-refractivity contribution in [3.8, 4) is 17.1 Å². The molecule has 1 aliphatic rings. The van der Waals surface area contributed by atoms with Gasteiger partial charge in [0.05, 0.1) is 17.6 Å². The maximum absolute atomic E-state index is 9.52. The number of hydrogen-bond donors (Lipinski definition) is 1. The third-order valence-corrected chi connectivity index (χ3v) is 5.89. The van der Waals surface area contributed by atoms with Crippen LogP contribution in [0.4, 0.5) is 0 Å². The highest BCUT2D eigenvalue weighted by Gasteiger charge is 2.31. The lowest BCUT2D eigenvalue weighted by Crippen LogP contribution is -2.31. The van der Waals surface area contributed by atoms with Crippen molar-refractivity contribution in [2.24, 2.45) is 0 Å². The van der Waals surface area contributed by atoms with Gasteiger partial charge in [-0.15, -0.1) is 16.4 Å². The minimum atomic E-state index is -0.192. The Labute approximate surface area is 154 Å². The van der Waals surface area contributed by atoms with Crippen LogP contribution in [0.15, 0.2) is 24.3 Å². The summed E-state index contributed by atoms with van der Waals surface area (Å²) in [6.07, 6.45) is 0.837. The second-order valence-electron chi connectivity index (χ2n) is 7.29. The molecule has 0 aliphatic carbocycles. The van der Waals surface area contributed by atoms with Gasteiger partial charge in [-0.3, -0.25) is 0 Å². The molecule has 26 heavy (non-hydrogen) atoms. The van der Waals surface area contributed by atoms with E-state index in [0.29, 0.717) is 12.4 Å². The van der Waals surface area contributed by atoms with Crippen molar-refractivity contribution >= 4 is 27.2 Å². The number of aromatic hydroxyl groups is 1. The van der Waals surface area contributed by atoms with Crippen molar-refractivity contribution in [3.63, 3.8) is 0 Å². The molecular formula is C19H18N4O2S. The Bertz CT molecular complexity index is 1160. The van der Waals surface area contributed by atoms with Gasteiger partial charge in [-0.05, 0) is 50.6 Å². The number of aromatic nitrogens is 4. The standard InChI is InChI=1S/C19H18N4O2S/c1-10-20-18-15(13-8-19(2,3)25-9-14(13)26-18)17-21-16(22-23(10)17)11-4-6-12(24)7-5-11/h4-7,24H,8-9H2,1-3H3. The molecule has 7 heteroatoms. The van der Waals surface area contributed by atoms with E-state index in [1.165, 1.54) is 10.4 Å². The number of thiophene rings is 1. The summed E-state index contributed by atoms with van der Waals surface area (Å²) in [5, 5.41) is 15.3. The SMILES string of the molecule is Cc1nc2sc3c(c2c2nc(-c4ccc(O)cc4)nn12)CC(C)(C)OC3. The molecule has 0 spiro atoms. The van der Waals surface area contributed by atoms with E-state index in [9.17, 15) is 5.11 Å². The summed E-state index contributed by atoms with van der Waals surface area (Å²) in [7, 11) is 0. The van der Waals surface area contributed by atoms with Crippen LogP contribution in [-0.2, 0) is 17.8 Å². The fourth-order valence-corrected chi connectivity index (χ4v) is 4.62. The van der Waals surface area contributed by atoms with Crippen molar-refractivity contribution in [2.45, 2.75) is 39.4 Å². The zero-order valence-corrected chi connectivity index (χ0v) is 15.6. The Hall–Kier alpha value is -2.51. The van der Waals surface area contributed by atoms with Gasteiger partial charge in [-0.2, -0.15) is 4.52 Å². The summed E-state index contributed by atoms with van der Waals surface area (Å²) >= 11 is 1.69. The van der Waals surface area contributed by atoms with E-state index in [4.69, 9.17) is 14.7 Å². The fourth-order valence-electron chi connectivity index (χ4n) is 3.48. The molecule has 3 aromatic heterocycles. The number of phenols is 1. The van der Waals surface area contributed by atoms with Crippen LogP contribution in [0.2, 0.25) is 0 Å². The maximum Gasteiger partial charge on any atom is 0.182 e. The molecule has 0 bridgehead atoms. The maximum atomic E-state index is 9.52. The van der Waals surface area contributed by atoms with E-state index in [0.717, 1.165) is 33.7 Å². The van der Waals surface area contributed by atoms with Gasteiger partial charge in [0.15, 0.2) is 11.5 Å². The van der Waals surface area contributed by atoms with Crippen LogP contribution in [0.25, 0.3) is 27.3 Å². The van der Waals surface area contributed by atoms with Crippen LogP contribution >= 0.6 is 11.3 Å². The summed E-state index contributed by atoms with van der Waals surface area (Å²) in [6.45, 7) is 6.79. The first-order valence-corrected chi connectivity index (χ1v) is 9.34. The highest BCUT2D eigenvalue weighted by molar-refractivity contribution is 7.19. The third kappa shape index (κ3) is 2.31. The molecule has 1 aromatic carbocycles. The number of fused-ring (bicyclic) bond motifs is 5. The van der Waals surface area contributed by atoms with Gasteiger partial charge in [0, 0.05) is 16.9 Å². The van der Waals surface area contributed by atoms with E-state index in [-0.39, 0.29) is 11.4 Å². The van der Waals surface area contributed by atoms with Gasteiger partial charge in [-0.25, -0.2) is 9.97 Å². The molecule has 0 fully saturated rings. The van der Waals surface area contributed by atoms with Gasteiger partial charge in [0.2, 0.25) is 0 Å². The molecule has 4 aromatic rings. The predicted octanol–water partition coefficient (Wildman–Crippen LogP) is 3.87. The third-order valence-electron chi connectivity index (χ3n) is 4.79. The van der Waals surface area contributed by atoms with E-state index >= 15 is 0 Å². The number of nitrogens with zero attached hydrogens (tertiary/aromatic N) is 4. The summed E-state index contributed by atoms with van der Waals surface area (Å²) in [4.78, 5) is 11.8. The summed E-state index contributed by atoms with van der Waals surface area (Å²) in [5.74, 6) is 1.67. The highest BCUT2D eigenvalue weighted by atomic mass is 32.1. The van der Waals surface area contributed by atoms with Crippen LogP contribution in [0.5, 0.6) is 5.75 Å². The molecule has 0 atom stereocenters. The molecule has 0 saturated heterocycles. The summed E-state index contributed by atoms with van der Waals surface area (Å²) in [5.41, 5.74) is 2.80.